The van der Waals surface area contributed by atoms with Crippen molar-refractivity contribution in [1.29, 1.82) is 0 Å². The first kappa shape index (κ1) is 20.5. The summed E-state index contributed by atoms with van der Waals surface area (Å²) < 4.78 is 1.30. The van der Waals surface area contributed by atoms with Crippen molar-refractivity contribution in [3.8, 4) is 0 Å². The van der Waals surface area contributed by atoms with E-state index in [2.05, 4.69) is 5.10 Å². The Morgan fingerprint density at radius 1 is 1.24 bits per heavy atom. The van der Waals surface area contributed by atoms with Gasteiger partial charge >= 0.3 is 0 Å². The quantitative estimate of drug-likeness (QED) is 0.736. The van der Waals surface area contributed by atoms with E-state index in [0.717, 1.165) is 19.3 Å². The minimum absolute atomic E-state index is 0.0809. The molecule has 1 heterocycles. The predicted octanol–water partition coefficient (Wildman–Crippen LogP) is 3.36. The molecule has 4 aliphatic carbocycles. The molecule has 0 spiro atoms. The van der Waals surface area contributed by atoms with Crippen LogP contribution in [-0.2, 0) is 5.41 Å². The molecule has 0 aromatic carbocycles. The Hall–Kier alpha value is -1.73. The van der Waals surface area contributed by atoms with E-state index in [1.807, 2.05) is 27.7 Å². The van der Waals surface area contributed by atoms with E-state index < -0.39 is 17.4 Å². The van der Waals surface area contributed by atoms with Crippen LogP contribution in [0.4, 0.5) is 0 Å². The van der Waals surface area contributed by atoms with Crippen LogP contribution < -0.4 is 5.73 Å². The average Bonchev–Trinajstić information content (AvgIpc) is 3.07. The molecule has 1 aromatic rings. The van der Waals surface area contributed by atoms with E-state index >= 15 is 0 Å². The lowest BCUT2D eigenvalue weighted by atomic mass is 9.52. The molecule has 7 nitrogen and oxygen atoms in total. The number of hydrogen-bond acceptors (Lipinski definition) is 5. The zero-order chi connectivity index (χ0) is 21.1. The van der Waals surface area contributed by atoms with Gasteiger partial charge in [0.2, 0.25) is 0 Å². The Kier molecular flexibility index (Phi) is 4.89. The molecule has 4 saturated carbocycles. The number of nitrogens with zero attached hydrogens (tertiary/aromatic N) is 3. The number of primary amides is 1. The summed E-state index contributed by atoms with van der Waals surface area (Å²) in [5, 5.41) is 17.0. The van der Waals surface area contributed by atoms with E-state index in [1.54, 1.807) is 6.07 Å². The van der Waals surface area contributed by atoms with E-state index in [1.165, 1.54) is 29.0 Å². The predicted molar refractivity (Wildman–Crippen MR) is 109 cm³/mol. The number of carbonyl (C=O) groups is 2. The first-order valence-electron chi connectivity index (χ1n) is 11.0. The Morgan fingerprint density at radius 2 is 1.76 bits per heavy atom. The molecule has 0 saturated heterocycles. The highest BCUT2D eigenvalue weighted by atomic mass is 16.5. The number of amides is 1. The van der Waals surface area contributed by atoms with Gasteiger partial charge in [-0.2, -0.15) is 10.2 Å². The molecular formula is C22H34N4O3. The summed E-state index contributed by atoms with van der Waals surface area (Å²) in [6.07, 6.45) is 7.20. The Morgan fingerprint density at radius 3 is 2.17 bits per heavy atom. The van der Waals surface area contributed by atoms with E-state index in [-0.39, 0.29) is 17.1 Å². The van der Waals surface area contributed by atoms with Gasteiger partial charge in [0, 0.05) is 11.0 Å². The molecule has 1 aromatic heterocycles. The summed E-state index contributed by atoms with van der Waals surface area (Å²) >= 11 is 0. The normalized spacial score (nSPS) is 32.0. The Bertz CT molecular complexity index is 787. The second-order valence-electron chi connectivity index (χ2n) is 10.7. The highest BCUT2D eigenvalue weighted by molar-refractivity contribution is 5.92. The summed E-state index contributed by atoms with van der Waals surface area (Å²) in [6.45, 7) is 7.82. The van der Waals surface area contributed by atoms with Crippen molar-refractivity contribution in [3.05, 3.63) is 17.5 Å². The van der Waals surface area contributed by atoms with Gasteiger partial charge < -0.3 is 10.9 Å². The summed E-state index contributed by atoms with van der Waals surface area (Å²) in [7, 11) is 0. The molecule has 4 fully saturated rings. The van der Waals surface area contributed by atoms with Crippen molar-refractivity contribution >= 4 is 11.8 Å². The highest BCUT2D eigenvalue weighted by Gasteiger charge is 2.55. The summed E-state index contributed by atoms with van der Waals surface area (Å²) in [4.78, 5) is 25.3. The molecule has 4 aliphatic rings. The van der Waals surface area contributed by atoms with Crippen LogP contribution >= 0.6 is 0 Å². The summed E-state index contributed by atoms with van der Waals surface area (Å²) in [6, 6.07) is 0.910. The van der Waals surface area contributed by atoms with Crippen molar-refractivity contribution in [2.24, 2.45) is 23.5 Å². The number of hydrogen-bond donors (Lipinski definition) is 2. The smallest absolute Gasteiger partial charge is 0.269 e. The van der Waals surface area contributed by atoms with Gasteiger partial charge in [0.05, 0.1) is 5.69 Å². The first-order valence-corrected chi connectivity index (χ1v) is 11.0. The van der Waals surface area contributed by atoms with Crippen LogP contribution in [0.1, 0.15) is 93.6 Å². The van der Waals surface area contributed by atoms with Crippen LogP contribution in [0.15, 0.2) is 6.07 Å². The van der Waals surface area contributed by atoms with Crippen LogP contribution in [0.25, 0.3) is 0 Å². The van der Waals surface area contributed by atoms with Gasteiger partial charge in [-0.05, 0) is 68.8 Å². The van der Waals surface area contributed by atoms with Gasteiger partial charge in [0.15, 0.2) is 5.69 Å². The molecule has 160 valence electrons. The zero-order valence-electron chi connectivity index (χ0n) is 18.0. The molecule has 3 N–H and O–H groups in total. The van der Waals surface area contributed by atoms with Crippen LogP contribution in [0.5, 0.6) is 0 Å². The molecule has 0 radical (unpaired) electrons. The van der Waals surface area contributed by atoms with Gasteiger partial charge in [-0.1, -0.05) is 27.7 Å². The highest BCUT2D eigenvalue weighted by Crippen LogP contribution is 2.57. The molecule has 4 bridgehead atoms. The first-order chi connectivity index (χ1) is 13.5. The third kappa shape index (κ3) is 3.42. The van der Waals surface area contributed by atoms with Gasteiger partial charge in [-0.3, -0.25) is 9.59 Å². The van der Waals surface area contributed by atoms with E-state index in [0.29, 0.717) is 29.9 Å². The van der Waals surface area contributed by atoms with Crippen molar-refractivity contribution in [1.82, 2.24) is 14.8 Å². The third-order valence-electron chi connectivity index (χ3n) is 7.40. The van der Waals surface area contributed by atoms with Crippen molar-refractivity contribution in [2.45, 2.75) is 89.6 Å². The fourth-order valence-corrected chi connectivity index (χ4v) is 6.47. The van der Waals surface area contributed by atoms with Crippen molar-refractivity contribution in [2.75, 3.05) is 0 Å². The van der Waals surface area contributed by atoms with E-state index in [9.17, 15) is 14.8 Å². The van der Waals surface area contributed by atoms with Gasteiger partial charge in [0.25, 0.3) is 11.8 Å². The van der Waals surface area contributed by atoms with Gasteiger partial charge in [-0.25, -0.2) is 4.68 Å². The van der Waals surface area contributed by atoms with Crippen molar-refractivity contribution in [3.63, 3.8) is 0 Å². The lowest BCUT2D eigenvalue weighted by Crippen LogP contribution is -2.63. The summed E-state index contributed by atoms with van der Waals surface area (Å²) in [5.41, 5.74) is 5.45. The molecule has 1 unspecified atom stereocenters. The van der Waals surface area contributed by atoms with Gasteiger partial charge in [0.1, 0.15) is 6.04 Å². The largest absolute Gasteiger partial charge is 0.364 e. The topological polar surface area (TPSA) is 101 Å². The molecule has 1 atom stereocenters. The van der Waals surface area contributed by atoms with Crippen molar-refractivity contribution < 1.29 is 14.8 Å². The lowest BCUT2D eigenvalue weighted by Gasteiger charge is -2.59. The number of rotatable bonds is 5. The maximum Gasteiger partial charge on any atom is 0.269 e. The zero-order valence-corrected chi connectivity index (χ0v) is 18.0. The second kappa shape index (κ2) is 6.91. The molecule has 29 heavy (non-hydrogen) atoms. The average molecular weight is 403 g/mol. The summed E-state index contributed by atoms with van der Waals surface area (Å²) in [5.74, 6) is 1.06. The second-order valence-corrected chi connectivity index (χ2v) is 10.7. The van der Waals surface area contributed by atoms with E-state index in [4.69, 9.17) is 5.73 Å². The maximum atomic E-state index is 13.6. The molecule has 0 aliphatic heterocycles. The molecular weight excluding hydrogens is 368 g/mol. The van der Waals surface area contributed by atoms with Crippen LogP contribution in [0.3, 0.4) is 0 Å². The fourth-order valence-electron chi connectivity index (χ4n) is 6.47. The Balaban J connectivity index is 1.66. The molecule has 5 rings (SSSR count). The number of hydroxylamine groups is 2. The Labute approximate surface area is 172 Å². The minimum Gasteiger partial charge on any atom is -0.364 e. The molecule has 7 heteroatoms. The lowest BCUT2D eigenvalue weighted by molar-refractivity contribution is -0.242. The number of nitrogens with two attached hydrogens (primary N) is 1. The molecule has 1 amide bonds. The standard InChI is InChI=1S/C22H34N4O3/c1-5-17(20(28)25-18(21(2,3)4)9-16(24-25)19(23)27)26(29)22-10-13-6-14(11-22)8-15(7-13)12-22/h9,13-15,17,29H,5-8,10-12H2,1-4H3,(H2,23,27). The number of aromatic nitrogens is 2. The third-order valence-corrected chi connectivity index (χ3v) is 7.40. The SMILES string of the molecule is CCC(C(=O)n1nc(C(N)=O)cc1C(C)(C)C)N(O)C12CC3CC(CC(C3)C1)C2. The van der Waals surface area contributed by atoms with Crippen LogP contribution in [-0.4, -0.2) is 43.4 Å². The fraction of sp³-hybridized carbons (Fsp3) is 0.773. The van der Waals surface area contributed by atoms with Crippen LogP contribution in [0.2, 0.25) is 0 Å². The number of carbonyl (C=O) groups excluding carboxylic acids is 2. The minimum atomic E-state index is -0.687. The van der Waals surface area contributed by atoms with Gasteiger partial charge in [-0.15, -0.1) is 0 Å². The maximum absolute atomic E-state index is 13.6. The van der Waals surface area contributed by atoms with Crippen LogP contribution in [0, 0.1) is 17.8 Å². The monoisotopic (exact) mass is 402 g/mol.